The molecule has 1 aromatic rings. The van der Waals surface area contributed by atoms with Crippen LogP contribution >= 0.6 is 0 Å². The Morgan fingerprint density at radius 1 is 1.21 bits per heavy atom. The molecule has 8 nitrogen and oxygen atoms in total. The summed E-state index contributed by atoms with van der Waals surface area (Å²) >= 11 is 0. The zero-order valence-corrected chi connectivity index (χ0v) is 16.6. The van der Waals surface area contributed by atoms with Crippen LogP contribution in [0.1, 0.15) is 32.1 Å². The summed E-state index contributed by atoms with van der Waals surface area (Å²) in [6, 6.07) is 3.49. The fourth-order valence-corrected chi connectivity index (χ4v) is 5.40. The number of carbonyl (C=O) groups excluding carboxylic acids is 2. The minimum atomic E-state index is -3.51. The summed E-state index contributed by atoms with van der Waals surface area (Å²) in [6.45, 7) is 1.96. The quantitative estimate of drug-likeness (QED) is 0.746. The Kier molecular flexibility index (Phi) is 5.37. The molecule has 2 aliphatic heterocycles. The summed E-state index contributed by atoms with van der Waals surface area (Å²) in [5.41, 5.74) is 0. The lowest BCUT2D eigenvalue weighted by Crippen LogP contribution is -2.42. The van der Waals surface area contributed by atoms with Gasteiger partial charge in [-0.2, -0.15) is 4.31 Å². The third-order valence-electron chi connectivity index (χ3n) is 5.83. The van der Waals surface area contributed by atoms with Gasteiger partial charge in [-0.1, -0.05) is 0 Å². The molecule has 2 saturated heterocycles. The highest BCUT2D eigenvalue weighted by atomic mass is 32.2. The van der Waals surface area contributed by atoms with Crippen LogP contribution in [0.4, 0.5) is 0 Å². The van der Waals surface area contributed by atoms with E-state index in [0.29, 0.717) is 45.1 Å². The Labute approximate surface area is 165 Å². The van der Waals surface area contributed by atoms with E-state index in [0.717, 1.165) is 12.8 Å². The molecule has 1 unspecified atom stereocenters. The lowest BCUT2D eigenvalue weighted by Gasteiger charge is -2.33. The molecule has 0 aromatic carbocycles. The molecular formula is C19H26N4O4S. The highest BCUT2D eigenvalue weighted by Crippen LogP contribution is 2.27. The summed E-state index contributed by atoms with van der Waals surface area (Å²) in [4.78, 5) is 30.4. The van der Waals surface area contributed by atoms with Gasteiger partial charge in [0.05, 0.1) is 5.92 Å². The van der Waals surface area contributed by atoms with Crippen molar-refractivity contribution in [3.8, 4) is 0 Å². The van der Waals surface area contributed by atoms with E-state index in [9.17, 15) is 18.0 Å². The number of nitrogens with one attached hydrogen (secondary N) is 1. The molecule has 2 amide bonds. The summed E-state index contributed by atoms with van der Waals surface area (Å²) in [5.74, 6) is 0.0331. The molecule has 3 heterocycles. The Morgan fingerprint density at radius 2 is 1.96 bits per heavy atom. The van der Waals surface area contributed by atoms with Gasteiger partial charge in [-0.05, 0) is 43.7 Å². The SMILES string of the molecule is O=C(NC1CC1)C1CC(=O)N(CC2CCN(S(=O)(=O)c3cccnc3)CC2)C1. The molecule has 1 saturated carbocycles. The minimum Gasteiger partial charge on any atom is -0.353 e. The van der Waals surface area contributed by atoms with Crippen molar-refractivity contribution in [1.29, 1.82) is 0 Å². The number of amides is 2. The van der Waals surface area contributed by atoms with E-state index in [4.69, 9.17) is 0 Å². The van der Waals surface area contributed by atoms with Gasteiger partial charge in [-0.3, -0.25) is 14.6 Å². The third-order valence-corrected chi connectivity index (χ3v) is 7.72. The summed E-state index contributed by atoms with van der Waals surface area (Å²) < 4.78 is 26.9. The number of pyridine rings is 1. The lowest BCUT2D eigenvalue weighted by molar-refractivity contribution is -0.129. The highest BCUT2D eigenvalue weighted by Gasteiger charge is 2.38. The van der Waals surface area contributed by atoms with E-state index >= 15 is 0 Å². The molecule has 1 atom stereocenters. The second-order valence-electron chi connectivity index (χ2n) is 8.02. The second kappa shape index (κ2) is 7.79. The average Bonchev–Trinajstić information content (AvgIpc) is 3.44. The van der Waals surface area contributed by atoms with Gasteiger partial charge in [0.2, 0.25) is 21.8 Å². The molecule has 1 aromatic heterocycles. The molecule has 3 aliphatic rings. The van der Waals surface area contributed by atoms with Crippen molar-refractivity contribution in [2.24, 2.45) is 11.8 Å². The standard InChI is InChI=1S/C19H26N4O4S/c24-18-10-15(19(25)21-16-3-4-16)13-22(18)12-14-5-8-23(9-6-14)28(26,27)17-2-1-7-20-11-17/h1-2,7,11,14-16H,3-6,8-10,12-13H2,(H,21,25). The van der Waals surface area contributed by atoms with Gasteiger partial charge in [-0.15, -0.1) is 0 Å². The summed E-state index contributed by atoms with van der Waals surface area (Å²) in [5, 5.41) is 2.98. The van der Waals surface area contributed by atoms with Gasteiger partial charge in [0.25, 0.3) is 0 Å². The lowest BCUT2D eigenvalue weighted by atomic mass is 9.97. The number of hydrogen-bond donors (Lipinski definition) is 1. The van der Waals surface area contributed by atoms with Crippen molar-refractivity contribution in [1.82, 2.24) is 19.5 Å². The zero-order chi connectivity index (χ0) is 19.7. The molecule has 9 heteroatoms. The smallest absolute Gasteiger partial charge is 0.244 e. The van der Waals surface area contributed by atoms with E-state index in [2.05, 4.69) is 10.3 Å². The minimum absolute atomic E-state index is 0.00395. The Balaban J connectivity index is 1.28. The van der Waals surface area contributed by atoms with Crippen molar-refractivity contribution in [3.63, 3.8) is 0 Å². The first-order chi connectivity index (χ1) is 13.4. The number of sulfonamides is 1. The van der Waals surface area contributed by atoms with Gasteiger partial charge in [-0.25, -0.2) is 8.42 Å². The second-order valence-corrected chi connectivity index (χ2v) is 9.96. The molecule has 1 aliphatic carbocycles. The van der Waals surface area contributed by atoms with Crippen LogP contribution in [-0.4, -0.2) is 66.6 Å². The molecule has 3 fully saturated rings. The van der Waals surface area contributed by atoms with Crippen LogP contribution in [0.2, 0.25) is 0 Å². The van der Waals surface area contributed by atoms with E-state index < -0.39 is 10.0 Å². The first-order valence-electron chi connectivity index (χ1n) is 9.92. The molecular weight excluding hydrogens is 380 g/mol. The van der Waals surface area contributed by atoms with Gasteiger partial charge >= 0.3 is 0 Å². The highest BCUT2D eigenvalue weighted by molar-refractivity contribution is 7.89. The fraction of sp³-hybridized carbons (Fsp3) is 0.632. The normalized spacial score (nSPS) is 24.5. The van der Waals surface area contributed by atoms with Crippen molar-refractivity contribution >= 4 is 21.8 Å². The van der Waals surface area contributed by atoms with Crippen molar-refractivity contribution in [2.45, 2.75) is 43.0 Å². The van der Waals surface area contributed by atoms with Crippen molar-refractivity contribution in [3.05, 3.63) is 24.5 Å². The Morgan fingerprint density at radius 3 is 2.61 bits per heavy atom. The Hall–Kier alpha value is -2.00. The van der Waals surface area contributed by atoms with Crippen LogP contribution in [-0.2, 0) is 19.6 Å². The number of aromatic nitrogens is 1. The van der Waals surface area contributed by atoms with Gasteiger partial charge in [0, 0.05) is 51.0 Å². The van der Waals surface area contributed by atoms with Crippen molar-refractivity contribution < 1.29 is 18.0 Å². The maximum absolute atomic E-state index is 12.7. The zero-order valence-electron chi connectivity index (χ0n) is 15.8. The number of piperidine rings is 1. The van der Waals surface area contributed by atoms with Crippen LogP contribution in [0.3, 0.4) is 0 Å². The van der Waals surface area contributed by atoms with Gasteiger partial charge in [0.1, 0.15) is 4.90 Å². The number of rotatable bonds is 6. The largest absolute Gasteiger partial charge is 0.353 e. The predicted molar refractivity (Wildman–Crippen MR) is 102 cm³/mol. The van der Waals surface area contributed by atoms with E-state index in [1.165, 1.54) is 10.5 Å². The first-order valence-corrected chi connectivity index (χ1v) is 11.4. The van der Waals surface area contributed by atoms with Crippen LogP contribution < -0.4 is 5.32 Å². The number of carbonyl (C=O) groups is 2. The molecule has 0 radical (unpaired) electrons. The summed E-state index contributed by atoms with van der Waals surface area (Å²) in [7, 11) is -3.51. The van der Waals surface area contributed by atoms with Gasteiger partial charge in [0.15, 0.2) is 0 Å². The van der Waals surface area contributed by atoms with Crippen molar-refractivity contribution in [2.75, 3.05) is 26.2 Å². The molecule has 1 N–H and O–H groups in total. The topological polar surface area (TPSA) is 99.7 Å². The van der Waals surface area contributed by atoms with E-state index in [1.54, 1.807) is 23.2 Å². The first kappa shape index (κ1) is 19.3. The maximum atomic E-state index is 12.7. The number of nitrogens with zero attached hydrogens (tertiary/aromatic N) is 3. The molecule has 0 spiro atoms. The Bertz CT molecular complexity index is 833. The number of likely N-dealkylation sites (tertiary alicyclic amines) is 1. The van der Waals surface area contributed by atoms with Crippen LogP contribution in [0.15, 0.2) is 29.4 Å². The predicted octanol–water partition coefficient (Wildman–Crippen LogP) is 0.609. The van der Waals surface area contributed by atoms with Crippen LogP contribution in [0.25, 0.3) is 0 Å². The van der Waals surface area contributed by atoms with E-state index in [-0.39, 0.29) is 35.0 Å². The van der Waals surface area contributed by atoms with Crippen LogP contribution in [0.5, 0.6) is 0 Å². The third kappa shape index (κ3) is 4.20. The molecule has 0 bridgehead atoms. The monoisotopic (exact) mass is 406 g/mol. The fourth-order valence-electron chi connectivity index (χ4n) is 3.96. The molecule has 4 rings (SSSR count). The van der Waals surface area contributed by atoms with E-state index in [1.807, 2.05) is 0 Å². The van der Waals surface area contributed by atoms with Gasteiger partial charge < -0.3 is 10.2 Å². The summed E-state index contributed by atoms with van der Waals surface area (Å²) in [6.07, 6.45) is 6.71. The van der Waals surface area contributed by atoms with Crippen LogP contribution in [0, 0.1) is 11.8 Å². The molecule has 28 heavy (non-hydrogen) atoms. The maximum Gasteiger partial charge on any atom is 0.244 e. The average molecular weight is 407 g/mol. The molecule has 152 valence electrons. The number of hydrogen-bond acceptors (Lipinski definition) is 5.